The van der Waals surface area contributed by atoms with E-state index in [4.69, 9.17) is 9.29 Å². The Labute approximate surface area is 112 Å². The Morgan fingerprint density at radius 3 is 2.27 bits per heavy atom. The second kappa shape index (κ2) is 8.89. The van der Waals surface area contributed by atoms with Crippen LogP contribution < -0.4 is 0 Å². The molecule has 0 unspecified atom stereocenters. The second-order valence-corrected chi connectivity index (χ2v) is 4.67. The Bertz CT molecular complexity index is 240. The molecule has 0 saturated carbocycles. The minimum atomic E-state index is -3.78. The maximum Gasteiger partial charge on any atom is 0.264 e. The van der Waals surface area contributed by atoms with E-state index in [1.54, 1.807) is 0 Å². The van der Waals surface area contributed by atoms with Gasteiger partial charge >= 0.3 is 0 Å². The van der Waals surface area contributed by atoms with Crippen LogP contribution in [0.15, 0.2) is 0 Å². The van der Waals surface area contributed by atoms with Crippen LogP contribution in [0.4, 0.5) is 0 Å². The van der Waals surface area contributed by atoms with Crippen molar-refractivity contribution in [2.24, 2.45) is 0 Å². The van der Waals surface area contributed by atoms with E-state index in [0.29, 0.717) is 26.2 Å². The van der Waals surface area contributed by atoms with Gasteiger partial charge in [-0.3, -0.25) is 9.45 Å². The number of ether oxygens (including phenoxy) is 1. The molecule has 0 bridgehead atoms. The normalized spacial score (nSPS) is 17.7. The van der Waals surface area contributed by atoms with Crippen molar-refractivity contribution in [3.05, 3.63) is 0 Å². The number of nitrogens with zero attached hydrogens (tertiary/aromatic N) is 1. The van der Waals surface area contributed by atoms with Crippen molar-refractivity contribution in [3.8, 4) is 0 Å². The van der Waals surface area contributed by atoms with Crippen LogP contribution in [-0.4, -0.2) is 91.5 Å². The molecule has 1 fully saturated rings. The van der Waals surface area contributed by atoms with Gasteiger partial charge in [0.25, 0.3) is 10.1 Å². The Hall–Kier alpha value is 0.790. The predicted octanol–water partition coefficient (Wildman–Crippen LogP) is -1.61. The maximum atomic E-state index is 10.4. The molecule has 0 spiro atoms. The van der Waals surface area contributed by atoms with Crippen molar-refractivity contribution in [2.75, 3.05) is 38.6 Å². The van der Waals surface area contributed by atoms with Gasteiger partial charge < -0.3 is 10.2 Å². The Morgan fingerprint density at radius 2 is 1.80 bits per heavy atom. The molecular weight excluding hydrogens is 233 g/mol. The topological polar surface area (TPSA) is 98.3 Å². The van der Waals surface area contributed by atoms with Crippen LogP contribution in [0.3, 0.4) is 0 Å². The fraction of sp³-hybridized carbons (Fsp3) is 1.00. The van der Waals surface area contributed by atoms with Gasteiger partial charge in [-0.05, 0) is 13.0 Å². The zero-order valence-corrected chi connectivity index (χ0v) is 11.8. The largest absolute Gasteiger partial charge is 0.412 e. The molecule has 1 heterocycles. The molecule has 1 radical (unpaired) electrons. The monoisotopic (exact) mass is 250 g/mol. The standard InChI is InChI=1S/C7H15NO4S.Na.H2O/c9-13(10,11)7-1-2-8-3-5-12-6-4-8;;/h1-7H2,(H,9,10,11);;1H2. The molecule has 15 heavy (non-hydrogen) atoms. The van der Waals surface area contributed by atoms with Crippen molar-refractivity contribution < 1.29 is 23.2 Å². The summed E-state index contributed by atoms with van der Waals surface area (Å²) in [5.74, 6) is -0.148. The first-order valence-corrected chi connectivity index (χ1v) is 5.94. The summed E-state index contributed by atoms with van der Waals surface area (Å²) in [4.78, 5) is 2.13. The smallest absolute Gasteiger partial charge is 0.264 e. The van der Waals surface area contributed by atoms with Crippen molar-refractivity contribution in [1.82, 2.24) is 4.90 Å². The molecule has 0 aromatic heterocycles. The number of hydrogen-bond acceptors (Lipinski definition) is 4. The first-order valence-electron chi connectivity index (χ1n) is 4.33. The Morgan fingerprint density at radius 1 is 1.27 bits per heavy atom. The Balaban J connectivity index is 0. The van der Waals surface area contributed by atoms with Gasteiger partial charge in [-0.2, -0.15) is 8.42 Å². The van der Waals surface area contributed by atoms with Crippen LogP contribution in [0, 0.1) is 0 Å². The zero-order chi connectivity index (χ0) is 9.73. The van der Waals surface area contributed by atoms with E-state index in [0.717, 1.165) is 13.1 Å². The van der Waals surface area contributed by atoms with Crippen molar-refractivity contribution in [1.29, 1.82) is 0 Å². The third kappa shape index (κ3) is 9.70. The molecule has 0 amide bonds. The third-order valence-corrected chi connectivity index (χ3v) is 2.78. The van der Waals surface area contributed by atoms with Crippen LogP contribution in [0.5, 0.6) is 0 Å². The minimum Gasteiger partial charge on any atom is -0.412 e. The summed E-state index contributed by atoms with van der Waals surface area (Å²) >= 11 is 0. The Kier molecular flexibility index (Phi) is 10.8. The molecule has 0 aliphatic carbocycles. The average Bonchev–Trinajstić information content (AvgIpc) is 2.04. The van der Waals surface area contributed by atoms with Crippen LogP contribution >= 0.6 is 0 Å². The van der Waals surface area contributed by atoms with E-state index >= 15 is 0 Å². The maximum absolute atomic E-state index is 10.4. The van der Waals surface area contributed by atoms with E-state index in [9.17, 15) is 8.42 Å². The second-order valence-electron chi connectivity index (χ2n) is 3.09. The summed E-state index contributed by atoms with van der Waals surface area (Å²) in [6.45, 7) is 3.85. The van der Waals surface area contributed by atoms with E-state index < -0.39 is 10.1 Å². The third-order valence-electron chi connectivity index (χ3n) is 1.98. The van der Waals surface area contributed by atoms with Gasteiger partial charge in [-0.1, -0.05) is 0 Å². The van der Waals surface area contributed by atoms with Gasteiger partial charge in [-0.15, -0.1) is 0 Å². The molecule has 3 N–H and O–H groups in total. The molecule has 1 aliphatic rings. The van der Waals surface area contributed by atoms with Crippen LogP contribution in [0.25, 0.3) is 0 Å². The van der Waals surface area contributed by atoms with E-state index in [2.05, 4.69) is 4.90 Å². The quantitative estimate of drug-likeness (QED) is 0.478. The molecule has 0 atom stereocenters. The molecule has 6 nitrogen and oxygen atoms in total. The summed E-state index contributed by atoms with van der Waals surface area (Å²) in [7, 11) is -3.78. The number of rotatable bonds is 4. The first kappa shape index (κ1) is 18.2. The molecule has 0 aromatic carbocycles. The van der Waals surface area contributed by atoms with Crippen LogP contribution in [-0.2, 0) is 14.9 Å². The van der Waals surface area contributed by atoms with E-state index in [1.165, 1.54) is 0 Å². The number of hydrogen-bond donors (Lipinski definition) is 1. The van der Waals surface area contributed by atoms with E-state index in [-0.39, 0.29) is 40.8 Å². The molecule has 1 rings (SSSR count). The molecule has 0 aromatic rings. The van der Waals surface area contributed by atoms with Crippen molar-refractivity contribution >= 4 is 39.7 Å². The zero-order valence-electron chi connectivity index (χ0n) is 8.98. The molecule has 1 saturated heterocycles. The molecular formula is C7H17NNaO5S. The SMILES string of the molecule is O.O=S(=O)(O)CCCN1CCOCC1.[Na]. The average molecular weight is 250 g/mol. The fourth-order valence-corrected chi connectivity index (χ4v) is 1.79. The summed E-state index contributed by atoms with van der Waals surface area (Å²) in [5, 5.41) is 0. The predicted molar refractivity (Wildman–Crippen MR) is 57.7 cm³/mol. The summed E-state index contributed by atoms with van der Waals surface area (Å²) in [5.41, 5.74) is 0. The minimum absolute atomic E-state index is 0. The van der Waals surface area contributed by atoms with Crippen LogP contribution in [0.1, 0.15) is 6.42 Å². The van der Waals surface area contributed by atoms with Crippen molar-refractivity contribution in [2.45, 2.75) is 6.42 Å². The van der Waals surface area contributed by atoms with Gasteiger partial charge in [-0.25, -0.2) is 0 Å². The first-order chi connectivity index (χ1) is 6.08. The van der Waals surface area contributed by atoms with Crippen molar-refractivity contribution in [3.63, 3.8) is 0 Å². The summed E-state index contributed by atoms with van der Waals surface area (Å²) in [6.07, 6.45) is 0.485. The van der Waals surface area contributed by atoms with Crippen LogP contribution in [0.2, 0.25) is 0 Å². The molecule has 87 valence electrons. The van der Waals surface area contributed by atoms with Gasteiger partial charge in [0.1, 0.15) is 0 Å². The molecule has 8 heteroatoms. The van der Waals surface area contributed by atoms with E-state index in [1.807, 2.05) is 0 Å². The fourth-order valence-electron chi connectivity index (χ4n) is 1.30. The molecule has 1 aliphatic heterocycles. The van der Waals surface area contributed by atoms with Gasteiger partial charge in [0.2, 0.25) is 0 Å². The van der Waals surface area contributed by atoms with Gasteiger partial charge in [0.05, 0.1) is 19.0 Å². The summed E-state index contributed by atoms with van der Waals surface area (Å²) < 4.78 is 34.4. The summed E-state index contributed by atoms with van der Waals surface area (Å²) in [6, 6.07) is 0. The number of morpholine rings is 1. The van der Waals surface area contributed by atoms with Gasteiger partial charge in [0, 0.05) is 42.6 Å². The van der Waals surface area contributed by atoms with Gasteiger partial charge in [0.15, 0.2) is 0 Å².